The lowest BCUT2D eigenvalue weighted by molar-refractivity contribution is -0.128. The fraction of sp³-hybridized carbons (Fsp3) is 0.154. The number of para-hydroxylation sites is 1. The van der Waals surface area contributed by atoms with Crippen LogP contribution in [0.2, 0.25) is 5.02 Å². The van der Waals surface area contributed by atoms with Crippen LogP contribution in [0.25, 0.3) is 0 Å². The molecule has 0 spiro atoms. The molecule has 35 heavy (non-hydrogen) atoms. The van der Waals surface area contributed by atoms with Crippen molar-refractivity contribution in [2.45, 2.75) is 24.8 Å². The second-order valence-corrected chi connectivity index (χ2v) is 9.39. The van der Waals surface area contributed by atoms with Crippen LogP contribution in [-0.4, -0.2) is 33.8 Å². The van der Waals surface area contributed by atoms with Crippen molar-refractivity contribution in [2.75, 3.05) is 0 Å². The van der Waals surface area contributed by atoms with Gasteiger partial charge in [-0.05, 0) is 41.5 Å². The van der Waals surface area contributed by atoms with Gasteiger partial charge in [-0.2, -0.15) is 0 Å². The number of benzene rings is 3. The third kappa shape index (κ3) is 4.99. The Kier molecular flexibility index (Phi) is 6.66. The number of halogens is 2. The van der Waals surface area contributed by atoms with E-state index in [2.05, 4.69) is 10.3 Å². The third-order valence-electron chi connectivity index (χ3n) is 5.64. The van der Waals surface area contributed by atoms with Crippen molar-refractivity contribution in [2.24, 2.45) is 9.98 Å². The Morgan fingerprint density at radius 2 is 1.80 bits per heavy atom. The number of hydrogen-bond acceptors (Lipinski definition) is 5. The molecule has 0 fully saturated rings. The minimum absolute atomic E-state index is 0.0926. The van der Waals surface area contributed by atoms with Crippen molar-refractivity contribution < 1.29 is 14.0 Å². The lowest BCUT2D eigenvalue weighted by Crippen LogP contribution is -2.42. The number of fused-ring (bicyclic) bond motifs is 3. The highest BCUT2D eigenvalue weighted by atomic mass is 35.5. The Morgan fingerprint density at radius 1 is 1.06 bits per heavy atom. The molecule has 0 bridgehead atoms. The Balaban J connectivity index is 1.33. The van der Waals surface area contributed by atoms with Gasteiger partial charge in [-0.3, -0.25) is 14.6 Å². The smallest absolute Gasteiger partial charge is 0.259 e. The average Bonchev–Trinajstić information content (AvgIpc) is 3.19. The Morgan fingerprint density at radius 3 is 2.60 bits per heavy atom. The van der Waals surface area contributed by atoms with Crippen molar-refractivity contribution in [3.8, 4) is 0 Å². The summed E-state index contributed by atoms with van der Waals surface area (Å²) in [6.45, 7) is 0.240. The molecule has 3 aromatic rings. The maximum Gasteiger partial charge on any atom is 0.259 e. The Hall–Kier alpha value is -3.49. The zero-order valence-corrected chi connectivity index (χ0v) is 20.0. The van der Waals surface area contributed by atoms with E-state index in [1.54, 1.807) is 12.1 Å². The van der Waals surface area contributed by atoms with Crippen LogP contribution >= 0.6 is 23.4 Å². The number of thioether (sulfide) groups is 1. The second-order valence-electron chi connectivity index (χ2n) is 8.04. The molecular formula is C26H20ClFN4O2S. The van der Waals surface area contributed by atoms with Gasteiger partial charge in [-0.1, -0.05) is 65.8 Å². The molecule has 0 radical (unpaired) electrons. The zero-order chi connectivity index (χ0) is 24.4. The molecule has 2 aliphatic rings. The van der Waals surface area contributed by atoms with Crippen LogP contribution in [0.5, 0.6) is 0 Å². The van der Waals surface area contributed by atoms with E-state index in [0.717, 1.165) is 22.4 Å². The lowest BCUT2D eigenvalue weighted by atomic mass is 10.1. The predicted molar refractivity (Wildman–Crippen MR) is 136 cm³/mol. The highest BCUT2D eigenvalue weighted by Gasteiger charge is 2.42. The fourth-order valence-corrected chi connectivity index (χ4v) is 5.13. The largest absolute Gasteiger partial charge is 0.352 e. The number of carbonyl (C=O) groups is 2. The van der Waals surface area contributed by atoms with Crippen molar-refractivity contribution in [3.05, 3.63) is 100 Å². The lowest BCUT2D eigenvalue weighted by Gasteiger charge is -2.25. The Bertz CT molecular complexity index is 1360. The standard InChI is InChI=1S/C26H20ClFN4O2S/c27-20-7-3-1-5-17(20)15-35-26-31-21-8-4-2-6-19(21)24-30-22(25(34)32(24)26)13-23(33)29-14-16-9-11-18(28)12-10-16/h1-12,22H,13-15H2,(H,29,33)/t22-/m1/s1. The predicted octanol–water partition coefficient (Wildman–Crippen LogP) is 5.08. The van der Waals surface area contributed by atoms with Gasteiger partial charge in [-0.15, -0.1) is 0 Å². The molecule has 1 N–H and O–H groups in total. The van der Waals surface area contributed by atoms with Gasteiger partial charge in [0, 0.05) is 22.9 Å². The van der Waals surface area contributed by atoms with Crippen LogP contribution in [0, 0.1) is 5.82 Å². The first-order chi connectivity index (χ1) is 17.0. The molecule has 2 aliphatic heterocycles. The van der Waals surface area contributed by atoms with Gasteiger partial charge in [0.15, 0.2) is 5.17 Å². The topological polar surface area (TPSA) is 74.1 Å². The number of rotatable bonds is 6. The van der Waals surface area contributed by atoms with Gasteiger partial charge in [0.2, 0.25) is 5.91 Å². The molecule has 3 aromatic carbocycles. The highest BCUT2D eigenvalue weighted by molar-refractivity contribution is 8.13. The fourth-order valence-electron chi connectivity index (χ4n) is 3.84. The van der Waals surface area contributed by atoms with E-state index in [4.69, 9.17) is 16.6 Å². The van der Waals surface area contributed by atoms with Crippen molar-refractivity contribution in [3.63, 3.8) is 0 Å². The van der Waals surface area contributed by atoms with Gasteiger partial charge < -0.3 is 5.32 Å². The van der Waals surface area contributed by atoms with Gasteiger partial charge in [0.1, 0.15) is 17.7 Å². The first-order valence-corrected chi connectivity index (χ1v) is 12.3. The van der Waals surface area contributed by atoms with Crippen molar-refractivity contribution >= 4 is 51.9 Å². The quantitative estimate of drug-likeness (QED) is 0.507. The molecular weight excluding hydrogens is 487 g/mol. The van der Waals surface area contributed by atoms with Crippen LogP contribution in [0.15, 0.2) is 82.8 Å². The number of hydrogen-bond donors (Lipinski definition) is 1. The number of amides is 2. The number of aliphatic imine (C=N–C) groups is 2. The minimum Gasteiger partial charge on any atom is -0.352 e. The van der Waals surface area contributed by atoms with E-state index < -0.39 is 6.04 Å². The Labute approximate surface area is 210 Å². The number of nitrogens with zero attached hydrogens (tertiary/aromatic N) is 3. The van der Waals surface area contributed by atoms with E-state index in [9.17, 15) is 14.0 Å². The summed E-state index contributed by atoms with van der Waals surface area (Å²) in [7, 11) is 0. The molecule has 176 valence electrons. The molecule has 0 saturated carbocycles. The van der Waals surface area contributed by atoms with E-state index in [0.29, 0.717) is 21.8 Å². The molecule has 6 nitrogen and oxygen atoms in total. The first kappa shape index (κ1) is 23.3. The summed E-state index contributed by atoms with van der Waals surface area (Å²) in [5, 5.41) is 3.93. The van der Waals surface area contributed by atoms with Crippen LogP contribution in [0.1, 0.15) is 23.1 Å². The summed E-state index contributed by atoms with van der Waals surface area (Å²) in [6, 6.07) is 20.1. The van der Waals surface area contributed by atoms with E-state index >= 15 is 0 Å². The normalized spacial score (nSPS) is 16.3. The van der Waals surface area contributed by atoms with Crippen LogP contribution < -0.4 is 5.32 Å². The van der Waals surface area contributed by atoms with Crippen LogP contribution in [0.3, 0.4) is 0 Å². The molecule has 2 amide bonds. The third-order valence-corrected chi connectivity index (χ3v) is 7.00. The summed E-state index contributed by atoms with van der Waals surface area (Å²) >= 11 is 7.70. The highest BCUT2D eigenvalue weighted by Crippen LogP contribution is 2.35. The maximum absolute atomic E-state index is 13.4. The molecule has 9 heteroatoms. The summed E-state index contributed by atoms with van der Waals surface area (Å²) in [6.07, 6.45) is -0.0926. The summed E-state index contributed by atoms with van der Waals surface area (Å²) in [5.41, 5.74) is 3.17. The van der Waals surface area contributed by atoms with Gasteiger partial charge in [0.05, 0.1) is 12.1 Å². The van der Waals surface area contributed by atoms with Gasteiger partial charge >= 0.3 is 0 Å². The van der Waals surface area contributed by atoms with Crippen molar-refractivity contribution in [1.82, 2.24) is 10.2 Å². The molecule has 0 aliphatic carbocycles. The molecule has 0 aromatic heterocycles. The summed E-state index contributed by atoms with van der Waals surface area (Å²) in [4.78, 5) is 36.8. The summed E-state index contributed by atoms with van der Waals surface area (Å²) < 4.78 is 13.1. The molecule has 0 saturated heterocycles. The molecule has 2 heterocycles. The monoisotopic (exact) mass is 506 g/mol. The van der Waals surface area contributed by atoms with E-state index in [1.165, 1.54) is 28.8 Å². The molecule has 5 rings (SSSR count). The number of carbonyl (C=O) groups excluding carboxylic acids is 2. The number of nitrogens with one attached hydrogen (secondary N) is 1. The maximum atomic E-state index is 13.4. The minimum atomic E-state index is -0.851. The van der Waals surface area contributed by atoms with E-state index in [1.807, 2.05) is 48.5 Å². The average molecular weight is 507 g/mol. The molecule has 1 atom stereocenters. The molecule has 0 unspecified atom stereocenters. The van der Waals surface area contributed by atoms with Crippen molar-refractivity contribution in [1.29, 1.82) is 0 Å². The number of amidine groups is 2. The van der Waals surface area contributed by atoms with Gasteiger partial charge in [-0.25, -0.2) is 14.3 Å². The summed E-state index contributed by atoms with van der Waals surface area (Å²) in [5.74, 6) is 0.0812. The van der Waals surface area contributed by atoms with E-state index in [-0.39, 0.29) is 30.6 Å². The van der Waals surface area contributed by atoms with Crippen LogP contribution in [-0.2, 0) is 21.9 Å². The van der Waals surface area contributed by atoms with Gasteiger partial charge in [0.25, 0.3) is 5.91 Å². The van der Waals surface area contributed by atoms with Crippen LogP contribution in [0.4, 0.5) is 10.1 Å². The second kappa shape index (κ2) is 10.0. The first-order valence-electron chi connectivity index (χ1n) is 11.0. The SMILES string of the molecule is O=C(C[C@H]1N=C2c3ccccc3N=C(SCc3ccccc3Cl)N2C1=O)NCc1ccc(F)cc1. The zero-order valence-electron chi connectivity index (χ0n) is 18.4.